The van der Waals surface area contributed by atoms with Crippen LogP contribution in [0.15, 0.2) is 22.8 Å². The lowest BCUT2D eigenvalue weighted by atomic mass is 10.2. The van der Waals surface area contributed by atoms with Gasteiger partial charge in [0, 0.05) is 19.7 Å². The zero-order chi connectivity index (χ0) is 15.9. The molecular weight excluding hydrogens is 316 g/mol. The average molecular weight is 340 g/mol. The van der Waals surface area contributed by atoms with Gasteiger partial charge in [-0.2, -0.15) is 17.0 Å². The van der Waals surface area contributed by atoms with Crippen molar-refractivity contribution in [3.05, 3.63) is 24.2 Å². The molecule has 7 heteroatoms. The van der Waals surface area contributed by atoms with Gasteiger partial charge in [-0.05, 0) is 50.7 Å². The first-order valence-corrected chi connectivity index (χ1v) is 10.0. The van der Waals surface area contributed by atoms with Crippen molar-refractivity contribution in [2.75, 3.05) is 19.7 Å². The Kier molecular flexibility index (Phi) is 4.21. The second kappa shape index (κ2) is 6.20. The zero-order valence-corrected chi connectivity index (χ0v) is 14.1. The number of hydrogen-bond acceptors (Lipinski definition) is 4. The van der Waals surface area contributed by atoms with Crippen LogP contribution in [0.25, 0.3) is 0 Å². The maximum atomic E-state index is 13.3. The fraction of sp³-hybridized carbons (Fsp3) is 0.750. The Morgan fingerprint density at radius 1 is 1.04 bits per heavy atom. The van der Waals surface area contributed by atoms with Crippen molar-refractivity contribution in [2.24, 2.45) is 0 Å². The summed E-state index contributed by atoms with van der Waals surface area (Å²) in [6.07, 6.45) is 7.08. The fourth-order valence-electron chi connectivity index (χ4n) is 4.25. The van der Waals surface area contributed by atoms with Crippen molar-refractivity contribution in [3.8, 4) is 0 Å². The molecule has 0 unspecified atom stereocenters. The highest BCUT2D eigenvalue weighted by Gasteiger charge is 2.46. The SMILES string of the molecule is O=S(=O)(N1CCC[C@@H]1c1ccco1)N1CCCO[C@@H]2CCC[C@@H]21. The number of rotatable bonds is 3. The molecule has 3 fully saturated rings. The molecule has 4 rings (SSSR count). The Morgan fingerprint density at radius 3 is 2.74 bits per heavy atom. The molecule has 0 aromatic carbocycles. The van der Waals surface area contributed by atoms with Gasteiger partial charge in [-0.3, -0.25) is 0 Å². The molecule has 1 aromatic heterocycles. The van der Waals surface area contributed by atoms with Gasteiger partial charge >= 0.3 is 0 Å². The predicted molar refractivity (Wildman–Crippen MR) is 85.0 cm³/mol. The third-order valence-electron chi connectivity index (χ3n) is 5.31. The van der Waals surface area contributed by atoms with Crippen molar-refractivity contribution in [1.82, 2.24) is 8.61 Å². The molecule has 0 radical (unpaired) electrons. The normalized spacial score (nSPS) is 33.7. The second-order valence-electron chi connectivity index (χ2n) is 6.66. The Bertz CT molecular complexity index is 631. The third kappa shape index (κ3) is 2.73. The van der Waals surface area contributed by atoms with E-state index in [1.54, 1.807) is 14.9 Å². The van der Waals surface area contributed by atoms with Crippen LogP contribution in [0, 0.1) is 0 Å². The van der Waals surface area contributed by atoms with Gasteiger partial charge in [0.15, 0.2) is 0 Å². The summed E-state index contributed by atoms with van der Waals surface area (Å²) in [6.45, 7) is 1.79. The molecule has 3 heterocycles. The summed E-state index contributed by atoms with van der Waals surface area (Å²) in [5.74, 6) is 0.750. The Balaban J connectivity index is 1.63. The van der Waals surface area contributed by atoms with Gasteiger partial charge in [0.1, 0.15) is 5.76 Å². The van der Waals surface area contributed by atoms with E-state index in [2.05, 4.69) is 0 Å². The highest BCUT2D eigenvalue weighted by atomic mass is 32.2. The molecule has 3 atom stereocenters. The van der Waals surface area contributed by atoms with Crippen LogP contribution in [0.4, 0.5) is 0 Å². The summed E-state index contributed by atoms with van der Waals surface area (Å²) in [4.78, 5) is 0. The Labute approximate surface area is 137 Å². The molecule has 0 spiro atoms. The van der Waals surface area contributed by atoms with Crippen LogP contribution < -0.4 is 0 Å². The quantitative estimate of drug-likeness (QED) is 0.847. The van der Waals surface area contributed by atoms with Crippen LogP contribution in [0.3, 0.4) is 0 Å². The van der Waals surface area contributed by atoms with E-state index in [1.165, 1.54) is 0 Å². The first-order chi connectivity index (χ1) is 11.2. The van der Waals surface area contributed by atoms with Crippen molar-refractivity contribution >= 4 is 10.2 Å². The standard InChI is InChI=1S/C16H24N2O4S/c19-23(20,17-9-2-6-14(17)16-8-3-11-21-16)18-10-4-12-22-15-7-1-5-13(15)18/h3,8,11,13-15H,1-2,4-7,9-10,12H2/t13-,14+,15+/m0/s1. The molecule has 1 aromatic rings. The van der Waals surface area contributed by atoms with Crippen molar-refractivity contribution < 1.29 is 17.6 Å². The zero-order valence-electron chi connectivity index (χ0n) is 13.3. The van der Waals surface area contributed by atoms with Crippen LogP contribution in [0.1, 0.15) is 50.3 Å². The summed E-state index contributed by atoms with van der Waals surface area (Å²) in [6, 6.07) is 3.53. The summed E-state index contributed by atoms with van der Waals surface area (Å²) in [5.41, 5.74) is 0. The van der Waals surface area contributed by atoms with E-state index in [4.69, 9.17) is 9.15 Å². The number of hydrogen-bond donors (Lipinski definition) is 0. The fourth-order valence-corrected chi connectivity index (χ4v) is 6.36. The van der Waals surface area contributed by atoms with E-state index < -0.39 is 10.2 Å². The van der Waals surface area contributed by atoms with Gasteiger partial charge in [-0.1, -0.05) is 0 Å². The highest BCUT2D eigenvalue weighted by Crippen LogP contribution is 2.38. The maximum absolute atomic E-state index is 13.3. The van der Waals surface area contributed by atoms with Crippen molar-refractivity contribution in [2.45, 2.75) is 56.7 Å². The summed E-state index contributed by atoms with van der Waals surface area (Å²) in [5, 5.41) is 0. The first kappa shape index (κ1) is 15.6. The molecule has 1 aliphatic carbocycles. The molecule has 0 bridgehead atoms. The van der Waals surface area contributed by atoms with Gasteiger partial charge in [0.2, 0.25) is 0 Å². The smallest absolute Gasteiger partial charge is 0.282 e. The summed E-state index contributed by atoms with van der Waals surface area (Å²) in [7, 11) is -3.49. The lowest BCUT2D eigenvalue weighted by molar-refractivity contribution is 0.0457. The number of nitrogens with zero attached hydrogens (tertiary/aromatic N) is 2. The third-order valence-corrected chi connectivity index (χ3v) is 7.39. The minimum absolute atomic E-state index is 0.000325. The van der Waals surface area contributed by atoms with Gasteiger partial charge in [0.05, 0.1) is 24.5 Å². The molecule has 1 saturated carbocycles. The molecule has 3 aliphatic rings. The molecule has 6 nitrogen and oxygen atoms in total. The Hall–Kier alpha value is -0.890. The van der Waals surface area contributed by atoms with E-state index in [-0.39, 0.29) is 18.2 Å². The largest absolute Gasteiger partial charge is 0.468 e. The predicted octanol–water partition coefficient (Wildman–Crippen LogP) is 2.30. The minimum Gasteiger partial charge on any atom is -0.468 e. The molecule has 23 heavy (non-hydrogen) atoms. The van der Waals surface area contributed by atoms with Gasteiger partial charge < -0.3 is 9.15 Å². The number of ether oxygens (including phenoxy) is 1. The molecule has 2 aliphatic heterocycles. The maximum Gasteiger partial charge on any atom is 0.282 e. The van der Waals surface area contributed by atoms with Crippen LogP contribution in [-0.4, -0.2) is 48.9 Å². The summed E-state index contributed by atoms with van der Waals surface area (Å²) < 4.78 is 41.4. The van der Waals surface area contributed by atoms with Gasteiger partial charge in [-0.25, -0.2) is 0 Å². The Morgan fingerprint density at radius 2 is 1.91 bits per heavy atom. The highest BCUT2D eigenvalue weighted by molar-refractivity contribution is 7.86. The van der Waals surface area contributed by atoms with E-state index >= 15 is 0 Å². The number of furan rings is 1. The van der Waals surface area contributed by atoms with Gasteiger partial charge in [-0.15, -0.1) is 0 Å². The van der Waals surface area contributed by atoms with Crippen LogP contribution in [-0.2, 0) is 14.9 Å². The van der Waals surface area contributed by atoms with Crippen LogP contribution >= 0.6 is 0 Å². The minimum atomic E-state index is -3.49. The van der Waals surface area contributed by atoms with Crippen molar-refractivity contribution in [3.63, 3.8) is 0 Å². The topological polar surface area (TPSA) is 63.0 Å². The average Bonchev–Trinajstić information content (AvgIpc) is 3.26. The van der Waals surface area contributed by atoms with E-state index in [0.717, 1.165) is 44.3 Å². The lowest BCUT2D eigenvalue weighted by Gasteiger charge is -2.34. The van der Waals surface area contributed by atoms with E-state index in [9.17, 15) is 8.42 Å². The van der Waals surface area contributed by atoms with E-state index in [1.807, 2.05) is 12.1 Å². The van der Waals surface area contributed by atoms with Crippen LogP contribution in [0.2, 0.25) is 0 Å². The lowest BCUT2D eigenvalue weighted by Crippen LogP contribution is -2.50. The number of fused-ring (bicyclic) bond motifs is 1. The van der Waals surface area contributed by atoms with Crippen LogP contribution in [0.5, 0.6) is 0 Å². The monoisotopic (exact) mass is 340 g/mol. The van der Waals surface area contributed by atoms with Gasteiger partial charge in [0.25, 0.3) is 10.2 Å². The molecular formula is C16H24N2O4S. The van der Waals surface area contributed by atoms with E-state index in [0.29, 0.717) is 19.7 Å². The first-order valence-electron chi connectivity index (χ1n) is 8.61. The molecule has 0 amide bonds. The van der Waals surface area contributed by atoms with Crippen molar-refractivity contribution in [1.29, 1.82) is 0 Å². The molecule has 0 N–H and O–H groups in total. The summed E-state index contributed by atoms with van der Waals surface area (Å²) >= 11 is 0. The molecule has 128 valence electrons. The second-order valence-corrected chi connectivity index (χ2v) is 8.50. The molecule has 2 saturated heterocycles.